The van der Waals surface area contributed by atoms with E-state index in [1.54, 1.807) is 42.5 Å². The zero-order chi connectivity index (χ0) is 13.0. The highest BCUT2D eigenvalue weighted by Crippen LogP contribution is 2.21. The summed E-state index contributed by atoms with van der Waals surface area (Å²) in [4.78, 5) is 0. The van der Waals surface area contributed by atoms with Gasteiger partial charge in [0.05, 0.1) is 0 Å². The minimum atomic E-state index is -0.732. The maximum atomic E-state index is 9.91. The molecule has 3 nitrogen and oxygen atoms in total. The van der Waals surface area contributed by atoms with Crippen LogP contribution in [0.4, 0.5) is 0 Å². The standard InChI is InChI=1S/C14H13ClO3/c15-11-6-4-10(5-7-11)14(17)9-18-13-3-1-2-12(16)8-13/h1-8,14,16-17H,9H2. The van der Waals surface area contributed by atoms with Crippen LogP contribution < -0.4 is 4.74 Å². The second-order valence-corrected chi connectivity index (χ2v) is 4.31. The molecular formula is C14H13ClO3. The summed E-state index contributed by atoms with van der Waals surface area (Å²) < 4.78 is 5.39. The molecule has 0 spiro atoms. The van der Waals surface area contributed by atoms with Gasteiger partial charge < -0.3 is 14.9 Å². The molecule has 2 aromatic rings. The monoisotopic (exact) mass is 264 g/mol. The first-order valence-corrected chi connectivity index (χ1v) is 5.88. The van der Waals surface area contributed by atoms with Crippen molar-refractivity contribution in [2.45, 2.75) is 6.10 Å². The SMILES string of the molecule is Oc1cccc(OCC(O)c2ccc(Cl)cc2)c1. The van der Waals surface area contributed by atoms with Crippen LogP contribution in [0.3, 0.4) is 0 Å². The lowest BCUT2D eigenvalue weighted by atomic mass is 10.1. The third-order valence-electron chi connectivity index (χ3n) is 2.48. The van der Waals surface area contributed by atoms with E-state index in [1.165, 1.54) is 6.07 Å². The summed E-state index contributed by atoms with van der Waals surface area (Å²) in [5.41, 5.74) is 0.736. The molecular weight excluding hydrogens is 252 g/mol. The van der Waals surface area contributed by atoms with Gasteiger partial charge in [-0.1, -0.05) is 29.8 Å². The quantitative estimate of drug-likeness (QED) is 0.892. The maximum Gasteiger partial charge on any atom is 0.123 e. The third-order valence-corrected chi connectivity index (χ3v) is 2.73. The van der Waals surface area contributed by atoms with Gasteiger partial charge in [-0.05, 0) is 29.8 Å². The highest BCUT2D eigenvalue weighted by Gasteiger charge is 2.08. The Morgan fingerprint density at radius 2 is 1.83 bits per heavy atom. The van der Waals surface area contributed by atoms with Gasteiger partial charge >= 0.3 is 0 Å². The van der Waals surface area contributed by atoms with E-state index < -0.39 is 6.10 Å². The molecule has 4 heteroatoms. The summed E-state index contributed by atoms with van der Waals surface area (Å²) >= 11 is 5.77. The second-order valence-electron chi connectivity index (χ2n) is 3.88. The van der Waals surface area contributed by atoms with Gasteiger partial charge in [0.25, 0.3) is 0 Å². The summed E-state index contributed by atoms with van der Waals surface area (Å²) in [6.45, 7) is 0.116. The molecule has 0 aliphatic rings. The smallest absolute Gasteiger partial charge is 0.123 e. The minimum absolute atomic E-state index is 0.116. The van der Waals surface area contributed by atoms with E-state index in [1.807, 2.05) is 0 Å². The van der Waals surface area contributed by atoms with Crippen LogP contribution in [0.25, 0.3) is 0 Å². The number of hydrogen-bond acceptors (Lipinski definition) is 3. The summed E-state index contributed by atoms with van der Waals surface area (Å²) in [5, 5.41) is 19.8. The van der Waals surface area contributed by atoms with Crippen molar-refractivity contribution in [2.24, 2.45) is 0 Å². The molecule has 0 saturated heterocycles. The highest BCUT2D eigenvalue weighted by molar-refractivity contribution is 6.30. The van der Waals surface area contributed by atoms with Crippen molar-refractivity contribution in [1.82, 2.24) is 0 Å². The number of phenolic OH excluding ortho intramolecular Hbond substituents is 1. The van der Waals surface area contributed by atoms with Crippen molar-refractivity contribution in [3.63, 3.8) is 0 Å². The lowest BCUT2D eigenvalue weighted by Gasteiger charge is -2.12. The molecule has 1 unspecified atom stereocenters. The third kappa shape index (κ3) is 3.39. The summed E-state index contributed by atoms with van der Waals surface area (Å²) in [7, 11) is 0. The first kappa shape index (κ1) is 12.7. The lowest BCUT2D eigenvalue weighted by Crippen LogP contribution is -2.09. The molecule has 18 heavy (non-hydrogen) atoms. The number of ether oxygens (including phenoxy) is 1. The van der Waals surface area contributed by atoms with E-state index in [-0.39, 0.29) is 12.4 Å². The Balaban J connectivity index is 1.96. The molecule has 0 aliphatic carbocycles. The van der Waals surface area contributed by atoms with Crippen LogP contribution in [0.15, 0.2) is 48.5 Å². The van der Waals surface area contributed by atoms with Crippen molar-refractivity contribution < 1.29 is 14.9 Å². The van der Waals surface area contributed by atoms with Gasteiger partial charge in [-0.15, -0.1) is 0 Å². The fraction of sp³-hybridized carbons (Fsp3) is 0.143. The van der Waals surface area contributed by atoms with Gasteiger partial charge in [0.15, 0.2) is 0 Å². The van der Waals surface area contributed by atoms with Crippen LogP contribution in [0.1, 0.15) is 11.7 Å². The van der Waals surface area contributed by atoms with Crippen molar-refractivity contribution in [3.05, 3.63) is 59.1 Å². The average Bonchev–Trinajstić information content (AvgIpc) is 2.37. The van der Waals surface area contributed by atoms with E-state index in [2.05, 4.69) is 0 Å². The molecule has 2 N–H and O–H groups in total. The van der Waals surface area contributed by atoms with E-state index in [9.17, 15) is 10.2 Å². The minimum Gasteiger partial charge on any atom is -0.508 e. The molecule has 0 aromatic heterocycles. The Labute approximate surface area is 110 Å². The zero-order valence-corrected chi connectivity index (χ0v) is 10.3. The zero-order valence-electron chi connectivity index (χ0n) is 9.58. The van der Waals surface area contributed by atoms with E-state index >= 15 is 0 Å². The Morgan fingerprint density at radius 3 is 2.50 bits per heavy atom. The Kier molecular flexibility index (Phi) is 4.07. The van der Waals surface area contributed by atoms with Crippen molar-refractivity contribution in [3.8, 4) is 11.5 Å². The molecule has 1 atom stereocenters. The topological polar surface area (TPSA) is 49.7 Å². The molecule has 0 bridgehead atoms. The number of aliphatic hydroxyl groups excluding tert-OH is 1. The lowest BCUT2D eigenvalue weighted by molar-refractivity contribution is 0.108. The van der Waals surface area contributed by atoms with Gasteiger partial charge in [0, 0.05) is 11.1 Å². The molecule has 0 amide bonds. The summed E-state index contributed by atoms with van der Waals surface area (Å²) in [6.07, 6.45) is -0.732. The molecule has 0 heterocycles. The van der Waals surface area contributed by atoms with Crippen LogP contribution in [0.5, 0.6) is 11.5 Å². The summed E-state index contributed by atoms with van der Waals surface area (Å²) in [5.74, 6) is 0.650. The average molecular weight is 265 g/mol. The molecule has 0 saturated carbocycles. The predicted molar refractivity (Wildman–Crippen MR) is 70.0 cm³/mol. The first-order chi connectivity index (χ1) is 8.65. The van der Waals surface area contributed by atoms with Crippen molar-refractivity contribution in [2.75, 3.05) is 6.61 Å². The second kappa shape index (κ2) is 5.76. The number of phenols is 1. The molecule has 0 fully saturated rings. The first-order valence-electron chi connectivity index (χ1n) is 5.50. The predicted octanol–water partition coefficient (Wildman–Crippen LogP) is 3.16. The maximum absolute atomic E-state index is 9.91. The Morgan fingerprint density at radius 1 is 1.11 bits per heavy atom. The van der Waals surface area contributed by atoms with Gasteiger partial charge in [-0.25, -0.2) is 0 Å². The molecule has 94 valence electrons. The van der Waals surface area contributed by atoms with Crippen LogP contribution in [-0.4, -0.2) is 16.8 Å². The number of hydrogen-bond donors (Lipinski definition) is 2. The fourth-order valence-corrected chi connectivity index (χ4v) is 1.66. The molecule has 0 radical (unpaired) electrons. The molecule has 2 aromatic carbocycles. The van der Waals surface area contributed by atoms with Gasteiger partial charge in [-0.3, -0.25) is 0 Å². The van der Waals surface area contributed by atoms with Crippen molar-refractivity contribution in [1.29, 1.82) is 0 Å². The number of aliphatic hydroxyl groups is 1. The van der Waals surface area contributed by atoms with Gasteiger partial charge in [0.1, 0.15) is 24.2 Å². The largest absolute Gasteiger partial charge is 0.508 e. The van der Waals surface area contributed by atoms with Gasteiger partial charge in [-0.2, -0.15) is 0 Å². The number of aromatic hydroxyl groups is 1. The Bertz CT molecular complexity index is 511. The van der Waals surface area contributed by atoms with Crippen LogP contribution in [-0.2, 0) is 0 Å². The number of benzene rings is 2. The number of halogens is 1. The number of rotatable bonds is 4. The molecule has 2 rings (SSSR count). The van der Waals surface area contributed by atoms with E-state index in [0.29, 0.717) is 10.8 Å². The van der Waals surface area contributed by atoms with Crippen LogP contribution in [0.2, 0.25) is 5.02 Å². The van der Waals surface area contributed by atoms with Crippen LogP contribution >= 0.6 is 11.6 Å². The summed E-state index contributed by atoms with van der Waals surface area (Å²) in [6, 6.07) is 13.4. The fourth-order valence-electron chi connectivity index (χ4n) is 1.53. The van der Waals surface area contributed by atoms with Crippen molar-refractivity contribution >= 4 is 11.6 Å². The highest BCUT2D eigenvalue weighted by atomic mass is 35.5. The van der Waals surface area contributed by atoms with Crippen LogP contribution in [0, 0.1) is 0 Å². The Hall–Kier alpha value is -1.71. The van der Waals surface area contributed by atoms with Gasteiger partial charge in [0.2, 0.25) is 0 Å². The van der Waals surface area contributed by atoms with E-state index in [0.717, 1.165) is 5.56 Å². The van der Waals surface area contributed by atoms with E-state index in [4.69, 9.17) is 16.3 Å². The normalized spacial score (nSPS) is 12.1. The molecule has 0 aliphatic heterocycles.